The fraction of sp³-hybridized carbons (Fsp3) is 0.579. The van der Waals surface area contributed by atoms with Gasteiger partial charge in [0.2, 0.25) is 0 Å². The van der Waals surface area contributed by atoms with Crippen LogP contribution >= 0.6 is 0 Å². The van der Waals surface area contributed by atoms with Crippen LogP contribution in [0.3, 0.4) is 0 Å². The molecule has 152 valence electrons. The van der Waals surface area contributed by atoms with Crippen LogP contribution in [0.15, 0.2) is 24.3 Å². The number of benzene rings is 1. The summed E-state index contributed by atoms with van der Waals surface area (Å²) in [5.41, 5.74) is 0.0255. The molecule has 1 spiro atoms. The first-order valence-corrected chi connectivity index (χ1v) is 9.02. The molecule has 2 aliphatic rings. The normalized spacial score (nSPS) is 25.5. The summed E-state index contributed by atoms with van der Waals surface area (Å²) in [6.45, 7) is -0.731. The van der Waals surface area contributed by atoms with E-state index in [4.69, 9.17) is 15.1 Å². The number of aliphatic hydroxyl groups is 1. The van der Waals surface area contributed by atoms with E-state index in [9.17, 15) is 23.1 Å². The molecule has 2 aliphatic heterocycles. The topological polar surface area (TPSA) is 93.8 Å². The number of nitrogens with zero attached hydrogens (tertiary/aromatic N) is 2. The Labute approximate surface area is 160 Å². The zero-order valence-corrected chi connectivity index (χ0v) is 15.0. The minimum atomic E-state index is -4.64. The lowest BCUT2D eigenvalue weighted by molar-refractivity contribution is -0.225. The van der Waals surface area contributed by atoms with Gasteiger partial charge in [0, 0.05) is 19.0 Å². The number of nitriles is 1. The van der Waals surface area contributed by atoms with E-state index >= 15 is 0 Å². The number of ether oxygens (including phenoxy) is 1. The van der Waals surface area contributed by atoms with Gasteiger partial charge in [-0.1, -0.05) is 12.1 Å². The summed E-state index contributed by atoms with van der Waals surface area (Å²) < 4.78 is 46.6. The molecule has 2 saturated heterocycles. The first-order valence-electron chi connectivity index (χ1n) is 9.02. The minimum Gasteiger partial charge on any atom is -0.465 e. The summed E-state index contributed by atoms with van der Waals surface area (Å²) in [7, 11) is 0. The third-order valence-corrected chi connectivity index (χ3v) is 5.78. The molecule has 3 atom stereocenters. The molecule has 1 aromatic rings. The van der Waals surface area contributed by atoms with Gasteiger partial charge in [0.1, 0.15) is 5.92 Å². The molecule has 0 aliphatic carbocycles. The van der Waals surface area contributed by atoms with Gasteiger partial charge in [0.15, 0.2) is 0 Å². The fourth-order valence-corrected chi connectivity index (χ4v) is 4.27. The van der Waals surface area contributed by atoms with Crippen LogP contribution in [0.4, 0.5) is 18.0 Å². The summed E-state index contributed by atoms with van der Waals surface area (Å²) in [6, 6.07) is 8.39. The molecule has 1 amide bonds. The van der Waals surface area contributed by atoms with E-state index in [1.54, 1.807) is 24.3 Å². The van der Waals surface area contributed by atoms with E-state index in [1.807, 2.05) is 6.07 Å². The maximum absolute atomic E-state index is 13.6. The highest BCUT2D eigenvalue weighted by Crippen LogP contribution is 2.51. The van der Waals surface area contributed by atoms with Gasteiger partial charge in [-0.2, -0.15) is 18.4 Å². The van der Waals surface area contributed by atoms with Gasteiger partial charge in [-0.3, -0.25) is 0 Å². The number of aliphatic hydroxyl groups excluding tert-OH is 1. The molecule has 2 fully saturated rings. The molecule has 3 rings (SSSR count). The van der Waals surface area contributed by atoms with Crippen molar-refractivity contribution in [3.05, 3.63) is 35.4 Å². The molecule has 0 aromatic heterocycles. The molecular formula is C19H21F3N2O4. The quantitative estimate of drug-likeness (QED) is 0.816. The van der Waals surface area contributed by atoms with Crippen molar-refractivity contribution in [1.29, 1.82) is 5.26 Å². The second-order valence-electron chi connectivity index (χ2n) is 7.41. The Balaban J connectivity index is 1.93. The highest BCUT2D eigenvalue weighted by atomic mass is 19.4. The van der Waals surface area contributed by atoms with Crippen molar-refractivity contribution in [3.63, 3.8) is 0 Å². The summed E-state index contributed by atoms with van der Waals surface area (Å²) in [5.74, 6) is -2.71. The van der Waals surface area contributed by atoms with Crippen molar-refractivity contribution in [1.82, 2.24) is 4.90 Å². The first-order chi connectivity index (χ1) is 13.2. The van der Waals surface area contributed by atoms with E-state index in [2.05, 4.69) is 0 Å². The maximum Gasteiger partial charge on any atom is 0.407 e. The van der Waals surface area contributed by atoms with E-state index < -0.39 is 42.4 Å². The van der Waals surface area contributed by atoms with Crippen molar-refractivity contribution in [2.45, 2.75) is 43.1 Å². The highest BCUT2D eigenvalue weighted by Gasteiger charge is 2.56. The van der Waals surface area contributed by atoms with Crippen molar-refractivity contribution in [2.75, 3.05) is 19.7 Å². The maximum atomic E-state index is 13.6. The Morgan fingerprint density at radius 2 is 2.07 bits per heavy atom. The number of piperidine rings is 1. The molecule has 1 aromatic carbocycles. The number of hydrogen-bond donors (Lipinski definition) is 2. The molecule has 2 N–H and O–H groups in total. The number of likely N-dealkylation sites (tertiary alicyclic amines) is 1. The number of amides is 1. The van der Waals surface area contributed by atoms with Crippen LogP contribution in [0.25, 0.3) is 0 Å². The van der Waals surface area contributed by atoms with Gasteiger partial charge in [0.25, 0.3) is 0 Å². The summed E-state index contributed by atoms with van der Waals surface area (Å²) >= 11 is 0. The third-order valence-electron chi connectivity index (χ3n) is 5.78. The minimum absolute atomic E-state index is 0.183. The third kappa shape index (κ3) is 3.93. The van der Waals surface area contributed by atoms with Crippen LogP contribution in [-0.2, 0) is 4.74 Å². The number of rotatable bonds is 3. The predicted octanol–water partition coefficient (Wildman–Crippen LogP) is 3.11. The van der Waals surface area contributed by atoms with E-state index in [0.29, 0.717) is 24.0 Å². The van der Waals surface area contributed by atoms with Crippen LogP contribution in [0, 0.1) is 17.2 Å². The average molecular weight is 398 g/mol. The monoisotopic (exact) mass is 398 g/mol. The molecule has 1 unspecified atom stereocenters. The van der Waals surface area contributed by atoms with Crippen LogP contribution < -0.4 is 0 Å². The standard InChI is InChI=1S/C19H21F3N2O4/c20-19(21,22)15(11-25)16-14(13-3-1-2-12(8-13)10-23)9-18(28-16)4-6-24(7-5-18)17(26)27/h1-3,8,14-16,25H,4-7,9,11H2,(H,26,27)/t14-,15?,16+/m0/s1. The second kappa shape index (κ2) is 7.60. The fourth-order valence-electron chi connectivity index (χ4n) is 4.27. The number of carboxylic acid groups (broad SMARTS) is 1. The Kier molecular flexibility index (Phi) is 5.55. The SMILES string of the molecule is N#Cc1cccc([C@@H]2CC3(CCN(C(=O)O)CC3)O[C@H]2C(CO)C(F)(F)F)c1. The Bertz CT molecular complexity index is 769. The van der Waals surface area contributed by atoms with Gasteiger partial charge < -0.3 is 19.8 Å². The zero-order valence-electron chi connectivity index (χ0n) is 15.0. The lowest BCUT2D eigenvalue weighted by Gasteiger charge is -2.38. The van der Waals surface area contributed by atoms with E-state index in [-0.39, 0.29) is 19.5 Å². The predicted molar refractivity (Wildman–Crippen MR) is 91.6 cm³/mol. The van der Waals surface area contributed by atoms with Gasteiger partial charge >= 0.3 is 12.3 Å². The van der Waals surface area contributed by atoms with Gasteiger partial charge in [-0.15, -0.1) is 0 Å². The van der Waals surface area contributed by atoms with Crippen LogP contribution in [0.2, 0.25) is 0 Å². The average Bonchev–Trinajstić information content (AvgIpc) is 3.00. The van der Waals surface area contributed by atoms with Crippen molar-refractivity contribution >= 4 is 6.09 Å². The molecule has 0 bridgehead atoms. The van der Waals surface area contributed by atoms with Crippen LogP contribution in [-0.4, -0.2) is 58.8 Å². The summed E-state index contributed by atoms with van der Waals surface area (Å²) in [6.07, 6.45) is -6.13. The zero-order chi connectivity index (χ0) is 20.5. The number of carbonyl (C=O) groups is 1. The van der Waals surface area contributed by atoms with Crippen LogP contribution in [0.1, 0.15) is 36.3 Å². The largest absolute Gasteiger partial charge is 0.465 e. The molecule has 28 heavy (non-hydrogen) atoms. The summed E-state index contributed by atoms with van der Waals surface area (Å²) in [5, 5.41) is 27.7. The molecule has 0 saturated carbocycles. The van der Waals surface area contributed by atoms with Gasteiger partial charge in [0.05, 0.1) is 29.9 Å². The van der Waals surface area contributed by atoms with Gasteiger partial charge in [-0.05, 0) is 37.0 Å². The smallest absolute Gasteiger partial charge is 0.407 e. The highest BCUT2D eigenvalue weighted by molar-refractivity contribution is 5.65. The van der Waals surface area contributed by atoms with Crippen molar-refractivity contribution in [3.8, 4) is 6.07 Å². The molecule has 2 heterocycles. The summed E-state index contributed by atoms with van der Waals surface area (Å²) in [4.78, 5) is 12.4. The molecule has 9 heteroatoms. The van der Waals surface area contributed by atoms with Crippen LogP contribution in [0.5, 0.6) is 0 Å². The van der Waals surface area contributed by atoms with E-state index in [1.165, 1.54) is 4.90 Å². The molecule has 6 nitrogen and oxygen atoms in total. The molecule has 0 radical (unpaired) electrons. The lowest BCUT2D eigenvalue weighted by atomic mass is 9.79. The van der Waals surface area contributed by atoms with Crippen molar-refractivity contribution < 1.29 is 32.9 Å². The number of halogens is 3. The number of hydrogen-bond acceptors (Lipinski definition) is 4. The molecular weight excluding hydrogens is 377 g/mol. The Morgan fingerprint density at radius 3 is 2.61 bits per heavy atom. The van der Waals surface area contributed by atoms with Gasteiger partial charge in [-0.25, -0.2) is 4.79 Å². The second-order valence-corrected chi connectivity index (χ2v) is 7.41. The first kappa shape index (κ1) is 20.4. The lowest BCUT2D eigenvalue weighted by Crippen LogP contribution is -2.47. The number of alkyl halides is 3. The van der Waals surface area contributed by atoms with Crippen molar-refractivity contribution in [2.24, 2.45) is 5.92 Å². The Hall–Kier alpha value is -2.31. The Morgan fingerprint density at radius 1 is 1.39 bits per heavy atom. The van der Waals surface area contributed by atoms with E-state index in [0.717, 1.165) is 0 Å².